The van der Waals surface area contributed by atoms with Crippen LogP contribution in [0.5, 0.6) is 5.75 Å². The van der Waals surface area contributed by atoms with Crippen molar-refractivity contribution in [3.63, 3.8) is 0 Å². The highest BCUT2D eigenvalue weighted by atomic mass is 32.1. The molecule has 2 aromatic carbocycles. The lowest BCUT2D eigenvalue weighted by Gasteiger charge is -2.12. The van der Waals surface area contributed by atoms with Crippen LogP contribution in [-0.4, -0.2) is 6.10 Å². The maximum Gasteiger partial charge on any atom is 0.142 e. The van der Waals surface area contributed by atoms with Gasteiger partial charge in [-0.15, -0.1) is 11.3 Å². The zero-order chi connectivity index (χ0) is 18.3. The summed E-state index contributed by atoms with van der Waals surface area (Å²) in [7, 11) is 0. The number of anilines is 1. The van der Waals surface area contributed by atoms with Crippen molar-refractivity contribution in [1.29, 1.82) is 0 Å². The minimum atomic E-state index is 0.124. The maximum absolute atomic E-state index is 6.19. The summed E-state index contributed by atoms with van der Waals surface area (Å²) < 4.78 is 5.75. The first-order chi connectivity index (χ1) is 12.5. The first-order valence-corrected chi connectivity index (χ1v) is 10.2. The van der Waals surface area contributed by atoms with Gasteiger partial charge in [0.05, 0.1) is 11.8 Å². The largest absolute Gasteiger partial charge is 0.489 e. The highest BCUT2D eigenvalue weighted by Gasteiger charge is 2.21. The van der Waals surface area contributed by atoms with E-state index in [1.54, 1.807) is 11.3 Å². The fourth-order valence-electron chi connectivity index (χ4n) is 3.82. The van der Waals surface area contributed by atoms with Crippen LogP contribution < -0.4 is 10.5 Å². The Balaban J connectivity index is 1.67. The van der Waals surface area contributed by atoms with E-state index in [0.29, 0.717) is 11.6 Å². The van der Waals surface area contributed by atoms with E-state index >= 15 is 0 Å². The molecule has 134 valence electrons. The minimum Gasteiger partial charge on any atom is -0.489 e. The molecule has 0 radical (unpaired) electrons. The molecule has 0 saturated carbocycles. The van der Waals surface area contributed by atoms with E-state index in [9.17, 15) is 0 Å². The minimum absolute atomic E-state index is 0.124. The zero-order valence-electron chi connectivity index (χ0n) is 15.6. The highest BCUT2D eigenvalue weighted by molar-refractivity contribution is 7.14. The third-order valence-electron chi connectivity index (χ3n) is 5.14. The summed E-state index contributed by atoms with van der Waals surface area (Å²) in [5.74, 6) is 1.44. The average molecular weight is 364 g/mol. The van der Waals surface area contributed by atoms with Gasteiger partial charge in [0.1, 0.15) is 5.75 Å². The lowest BCUT2D eigenvalue weighted by Crippen LogP contribution is -2.07. The first kappa shape index (κ1) is 17.2. The molecule has 3 heteroatoms. The Morgan fingerprint density at radius 1 is 1.12 bits per heavy atom. The van der Waals surface area contributed by atoms with Crippen molar-refractivity contribution >= 4 is 17.0 Å². The molecular weight excluding hydrogens is 338 g/mol. The summed E-state index contributed by atoms with van der Waals surface area (Å²) in [5.41, 5.74) is 13.8. The van der Waals surface area contributed by atoms with Gasteiger partial charge in [-0.3, -0.25) is 0 Å². The molecule has 1 atom stereocenters. The summed E-state index contributed by atoms with van der Waals surface area (Å²) in [6.45, 7) is 6.36. The summed E-state index contributed by atoms with van der Waals surface area (Å²) in [6, 6.07) is 15.1. The van der Waals surface area contributed by atoms with Gasteiger partial charge in [0, 0.05) is 4.88 Å². The molecule has 0 unspecified atom stereocenters. The number of hydrogen-bond acceptors (Lipinski definition) is 3. The topological polar surface area (TPSA) is 35.2 Å². The number of nitrogen functional groups attached to an aromatic ring is 1. The molecule has 26 heavy (non-hydrogen) atoms. The van der Waals surface area contributed by atoms with Crippen LogP contribution in [0.25, 0.3) is 21.6 Å². The van der Waals surface area contributed by atoms with Crippen LogP contribution in [-0.2, 0) is 6.42 Å². The Kier molecular flexibility index (Phi) is 4.49. The van der Waals surface area contributed by atoms with Gasteiger partial charge in [-0.2, -0.15) is 0 Å². The summed E-state index contributed by atoms with van der Waals surface area (Å²) in [5, 5.41) is 2.27. The molecular formula is C23H25NOS. The number of thiophene rings is 1. The monoisotopic (exact) mass is 363 g/mol. The van der Waals surface area contributed by atoms with Crippen LogP contribution >= 0.6 is 11.3 Å². The van der Waals surface area contributed by atoms with Gasteiger partial charge in [-0.25, -0.2) is 0 Å². The van der Waals surface area contributed by atoms with E-state index in [1.165, 1.54) is 40.0 Å². The highest BCUT2D eigenvalue weighted by Crippen LogP contribution is 2.41. The summed E-state index contributed by atoms with van der Waals surface area (Å²) in [6.07, 6.45) is 2.57. The lowest BCUT2D eigenvalue weighted by atomic mass is 9.96. The van der Waals surface area contributed by atoms with Crippen LogP contribution in [0.1, 0.15) is 44.2 Å². The average Bonchev–Trinajstić information content (AvgIpc) is 3.24. The van der Waals surface area contributed by atoms with Gasteiger partial charge >= 0.3 is 0 Å². The van der Waals surface area contributed by atoms with Gasteiger partial charge in [-0.1, -0.05) is 25.1 Å². The molecule has 0 fully saturated rings. The standard InChI is InChI=1S/C23H25NOS/c1-14(2)25-22-10-8-16(11-21(22)24)23-12-17(13-26-23)19-6-4-5-18-15(3)7-9-20(18)19/h4-6,8,10-15H,7,9,24H2,1-3H3/t15-/m0/s1. The Bertz CT molecular complexity index is 941. The molecule has 0 aliphatic heterocycles. The summed E-state index contributed by atoms with van der Waals surface area (Å²) >= 11 is 1.78. The van der Waals surface area contributed by atoms with E-state index < -0.39 is 0 Å². The van der Waals surface area contributed by atoms with Crippen LogP contribution in [0.2, 0.25) is 0 Å². The van der Waals surface area contributed by atoms with Crippen molar-refractivity contribution < 1.29 is 4.74 Å². The van der Waals surface area contributed by atoms with E-state index in [2.05, 4.69) is 42.6 Å². The molecule has 0 bridgehead atoms. The van der Waals surface area contributed by atoms with Gasteiger partial charge in [0.2, 0.25) is 0 Å². The lowest BCUT2D eigenvalue weighted by molar-refractivity contribution is 0.244. The molecule has 0 saturated heterocycles. The van der Waals surface area contributed by atoms with E-state index in [4.69, 9.17) is 10.5 Å². The molecule has 1 aromatic heterocycles. The third kappa shape index (κ3) is 3.12. The maximum atomic E-state index is 6.19. The Morgan fingerprint density at radius 3 is 2.73 bits per heavy atom. The summed E-state index contributed by atoms with van der Waals surface area (Å²) in [4.78, 5) is 1.24. The van der Waals surface area contributed by atoms with Gasteiger partial charge < -0.3 is 10.5 Å². The third-order valence-corrected chi connectivity index (χ3v) is 6.12. The molecule has 1 heterocycles. The van der Waals surface area contributed by atoms with Crippen LogP contribution in [0.3, 0.4) is 0 Å². The molecule has 0 spiro atoms. The molecule has 2 nitrogen and oxygen atoms in total. The molecule has 2 N–H and O–H groups in total. The Labute approximate surface area is 159 Å². The molecule has 0 amide bonds. The van der Waals surface area contributed by atoms with Crippen LogP contribution in [0, 0.1) is 0 Å². The number of nitrogens with two attached hydrogens (primary N) is 1. The van der Waals surface area contributed by atoms with E-state index in [0.717, 1.165) is 11.3 Å². The van der Waals surface area contributed by atoms with Crippen molar-refractivity contribution in [3.8, 4) is 27.3 Å². The predicted molar refractivity (Wildman–Crippen MR) is 112 cm³/mol. The Hall–Kier alpha value is -2.26. The van der Waals surface area contributed by atoms with Crippen molar-refractivity contribution in [2.45, 2.75) is 45.6 Å². The number of ether oxygens (including phenoxy) is 1. The van der Waals surface area contributed by atoms with Gasteiger partial charge in [-0.05, 0) is 90.1 Å². The van der Waals surface area contributed by atoms with Crippen molar-refractivity contribution in [1.82, 2.24) is 0 Å². The predicted octanol–water partition coefficient (Wildman–Crippen LogP) is 6.50. The fraction of sp³-hybridized carbons (Fsp3) is 0.304. The quantitative estimate of drug-likeness (QED) is 0.537. The second-order valence-corrected chi connectivity index (χ2v) is 8.34. The molecule has 3 aromatic rings. The number of rotatable bonds is 4. The second kappa shape index (κ2) is 6.81. The number of hydrogen-bond donors (Lipinski definition) is 1. The first-order valence-electron chi connectivity index (χ1n) is 9.30. The molecule has 4 rings (SSSR count). The van der Waals surface area contributed by atoms with Gasteiger partial charge in [0.25, 0.3) is 0 Å². The SMILES string of the molecule is CC(C)Oc1ccc(-c2cc(-c3cccc4c3CC[C@@H]4C)cs2)cc1N. The van der Waals surface area contributed by atoms with Crippen molar-refractivity contribution in [2.24, 2.45) is 0 Å². The van der Waals surface area contributed by atoms with E-state index in [-0.39, 0.29) is 6.10 Å². The molecule has 1 aliphatic rings. The van der Waals surface area contributed by atoms with Gasteiger partial charge in [0.15, 0.2) is 0 Å². The van der Waals surface area contributed by atoms with Crippen molar-refractivity contribution in [3.05, 3.63) is 59.0 Å². The Morgan fingerprint density at radius 2 is 1.96 bits per heavy atom. The van der Waals surface area contributed by atoms with Crippen molar-refractivity contribution in [2.75, 3.05) is 5.73 Å². The molecule has 1 aliphatic carbocycles. The normalized spacial score (nSPS) is 16.1. The fourth-order valence-corrected chi connectivity index (χ4v) is 4.73. The van der Waals surface area contributed by atoms with E-state index in [1.807, 2.05) is 26.0 Å². The smallest absolute Gasteiger partial charge is 0.142 e. The number of benzene rings is 2. The second-order valence-electron chi connectivity index (χ2n) is 7.43. The zero-order valence-corrected chi connectivity index (χ0v) is 16.4. The van der Waals surface area contributed by atoms with Crippen LogP contribution in [0.4, 0.5) is 5.69 Å². The number of fused-ring (bicyclic) bond motifs is 1. The van der Waals surface area contributed by atoms with Crippen LogP contribution in [0.15, 0.2) is 47.8 Å².